The summed E-state index contributed by atoms with van der Waals surface area (Å²) < 4.78 is 1.35. The number of para-hydroxylation sites is 1. The fourth-order valence-corrected chi connectivity index (χ4v) is 3.94. The molecule has 0 aliphatic carbocycles. The number of nitrogens with zero attached hydrogens (tertiary/aromatic N) is 4. The first kappa shape index (κ1) is 16.9. The summed E-state index contributed by atoms with van der Waals surface area (Å²) in [5.41, 5.74) is 1.42. The van der Waals surface area contributed by atoms with Crippen molar-refractivity contribution in [2.24, 2.45) is 0 Å². The minimum absolute atomic E-state index is 0.0376. The SMILES string of the molecule is CCc1nn2c(=O)cc(CNC3CC(=O)N(c4ccccc4)C3)nc2s1. The standard InChI is InChI=1S/C18H19N5O2S/c1-2-15-21-23-17(25)8-12(20-18(23)26-15)10-19-13-9-16(24)22(11-13)14-6-4-3-5-7-14/h3-8,13,19H,2,9-11H2,1H3. The predicted molar refractivity (Wildman–Crippen MR) is 101 cm³/mol. The zero-order valence-corrected chi connectivity index (χ0v) is 15.2. The van der Waals surface area contributed by atoms with Crippen LogP contribution in [-0.2, 0) is 17.8 Å². The summed E-state index contributed by atoms with van der Waals surface area (Å²) in [6.45, 7) is 3.07. The second-order valence-corrected chi connectivity index (χ2v) is 7.29. The third-order valence-corrected chi connectivity index (χ3v) is 5.46. The number of amides is 1. The molecule has 3 heterocycles. The topological polar surface area (TPSA) is 79.6 Å². The second kappa shape index (κ2) is 6.97. The van der Waals surface area contributed by atoms with Crippen molar-refractivity contribution in [1.29, 1.82) is 0 Å². The highest BCUT2D eigenvalue weighted by atomic mass is 32.1. The number of nitrogens with one attached hydrogen (secondary N) is 1. The van der Waals surface area contributed by atoms with E-state index in [1.165, 1.54) is 21.9 Å². The average molecular weight is 369 g/mol. The molecule has 1 aliphatic rings. The third kappa shape index (κ3) is 3.25. The van der Waals surface area contributed by atoms with Crippen molar-refractivity contribution in [3.05, 3.63) is 57.5 Å². The molecule has 0 spiro atoms. The van der Waals surface area contributed by atoms with Crippen LogP contribution in [0.5, 0.6) is 0 Å². The molecule has 0 radical (unpaired) electrons. The molecule has 1 amide bonds. The van der Waals surface area contributed by atoms with Crippen molar-refractivity contribution in [1.82, 2.24) is 19.9 Å². The predicted octanol–water partition coefficient (Wildman–Crippen LogP) is 1.61. The smallest absolute Gasteiger partial charge is 0.275 e. The Labute approximate surface area is 154 Å². The molecule has 134 valence electrons. The summed E-state index contributed by atoms with van der Waals surface area (Å²) in [4.78, 5) is 31.4. The van der Waals surface area contributed by atoms with Gasteiger partial charge in [-0.2, -0.15) is 9.61 Å². The molecule has 7 nitrogen and oxygen atoms in total. The van der Waals surface area contributed by atoms with E-state index in [9.17, 15) is 9.59 Å². The lowest BCUT2D eigenvalue weighted by atomic mass is 10.2. The molecule has 2 aromatic heterocycles. The molecule has 1 aromatic carbocycles. The number of carbonyl (C=O) groups is 1. The quantitative estimate of drug-likeness (QED) is 0.739. The lowest BCUT2D eigenvalue weighted by Gasteiger charge is -2.17. The van der Waals surface area contributed by atoms with Gasteiger partial charge in [-0.3, -0.25) is 9.59 Å². The summed E-state index contributed by atoms with van der Waals surface area (Å²) >= 11 is 1.43. The molecule has 1 unspecified atom stereocenters. The summed E-state index contributed by atoms with van der Waals surface area (Å²) in [6, 6.07) is 11.2. The molecule has 1 saturated heterocycles. The van der Waals surface area contributed by atoms with Crippen LogP contribution in [0, 0.1) is 0 Å². The number of anilines is 1. The first-order valence-electron chi connectivity index (χ1n) is 8.61. The fraction of sp³-hybridized carbons (Fsp3) is 0.333. The molecule has 0 bridgehead atoms. The highest BCUT2D eigenvalue weighted by molar-refractivity contribution is 7.16. The van der Waals surface area contributed by atoms with E-state index >= 15 is 0 Å². The lowest BCUT2D eigenvalue weighted by molar-refractivity contribution is -0.117. The molecule has 1 aliphatic heterocycles. The molecule has 1 atom stereocenters. The molecule has 26 heavy (non-hydrogen) atoms. The van der Waals surface area contributed by atoms with Crippen LogP contribution in [0.15, 0.2) is 41.2 Å². The minimum Gasteiger partial charge on any atom is -0.311 e. The van der Waals surface area contributed by atoms with Gasteiger partial charge in [0.05, 0.1) is 5.69 Å². The van der Waals surface area contributed by atoms with E-state index in [4.69, 9.17) is 0 Å². The average Bonchev–Trinajstić information content (AvgIpc) is 3.24. The van der Waals surface area contributed by atoms with Crippen LogP contribution in [-0.4, -0.2) is 33.1 Å². The first-order valence-corrected chi connectivity index (χ1v) is 9.43. The third-order valence-electron chi connectivity index (χ3n) is 4.41. The number of hydrogen-bond acceptors (Lipinski definition) is 6. The summed E-state index contributed by atoms with van der Waals surface area (Å²) in [6.07, 6.45) is 1.22. The Morgan fingerprint density at radius 1 is 1.27 bits per heavy atom. The van der Waals surface area contributed by atoms with Crippen molar-refractivity contribution in [2.45, 2.75) is 32.4 Å². The highest BCUT2D eigenvalue weighted by Gasteiger charge is 2.30. The molecule has 1 N–H and O–H groups in total. The molecular formula is C18H19N5O2S. The van der Waals surface area contributed by atoms with E-state index in [0.29, 0.717) is 30.2 Å². The van der Waals surface area contributed by atoms with Crippen molar-refractivity contribution < 1.29 is 4.79 Å². The number of fused-ring (bicyclic) bond motifs is 1. The Hall–Kier alpha value is -2.58. The van der Waals surface area contributed by atoms with Gasteiger partial charge >= 0.3 is 0 Å². The van der Waals surface area contributed by atoms with Gasteiger partial charge in [-0.1, -0.05) is 36.5 Å². The normalized spacial score (nSPS) is 17.3. The Bertz CT molecular complexity index is 998. The Kier molecular flexibility index (Phi) is 4.52. The highest BCUT2D eigenvalue weighted by Crippen LogP contribution is 2.21. The number of rotatable bonds is 5. The number of hydrogen-bond donors (Lipinski definition) is 1. The van der Waals surface area contributed by atoms with Crippen LogP contribution in [0.25, 0.3) is 4.96 Å². The maximum atomic E-state index is 12.3. The van der Waals surface area contributed by atoms with E-state index < -0.39 is 0 Å². The molecule has 3 aromatic rings. The van der Waals surface area contributed by atoms with Crippen LogP contribution < -0.4 is 15.8 Å². The Balaban J connectivity index is 1.45. The number of benzene rings is 1. The molecule has 4 rings (SSSR count). The molecule has 0 saturated carbocycles. The Morgan fingerprint density at radius 3 is 2.85 bits per heavy atom. The van der Waals surface area contributed by atoms with Crippen LogP contribution in [0.4, 0.5) is 5.69 Å². The van der Waals surface area contributed by atoms with Crippen molar-refractivity contribution >= 4 is 27.9 Å². The van der Waals surface area contributed by atoms with Gasteiger partial charge in [0.1, 0.15) is 5.01 Å². The first-order chi connectivity index (χ1) is 12.6. The van der Waals surface area contributed by atoms with Gasteiger partial charge in [-0.25, -0.2) is 4.98 Å². The molecule has 8 heteroatoms. The molecule has 1 fully saturated rings. The maximum absolute atomic E-state index is 12.3. The summed E-state index contributed by atoms with van der Waals surface area (Å²) in [5, 5.41) is 8.49. The molecular weight excluding hydrogens is 350 g/mol. The van der Waals surface area contributed by atoms with E-state index in [2.05, 4.69) is 15.4 Å². The van der Waals surface area contributed by atoms with E-state index in [1.54, 1.807) is 4.90 Å². The van der Waals surface area contributed by atoms with Gasteiger partial charge in [-0.15, -0.1) is 0 Å². The van der Waals surface area contributed by atoms with Gasteiger partial charge in [0.25, 0.3) is 5.56 Å². The van der Waals surface area contributed by atoms with Gasteiger partial charge in [-0.05, 0) is 18.6 Å². The van der Waals surface area contributed by atoms with Gasteiger partial charge < -0.3 is 10.2 Å². The van der Waals surface area contributed by atoms with E-state index in [1.807, 2.05) is 37.3 Å². The van der Waals surface area contributed by atoms with Crippen LogP contribution in [0.1, 0.15) is 24.0 Å². The van der Waals surface area contributed by atoms with Crippen molar-refractivity contribution in [3.63, 3.8) is 0 Å². The maximum Gasteiger partial charge on any atom is 0.275 e. The van der Waals surface area contributed by atoms with E-state index in [-0.39, 0.29) is 17.5 Å². The van der Waals surface area contributed by atoms with Crippen molar-refractivity contribution in [2.75, 3.05) is 11.4 Å². The van der Waals surface area contributed by atoms with Crippen LogP contribution in [0.2, 0.25) is 0 Å². The number of aryl methyl sites for hydroxylation is 1. The monoisotopic (exact) mass is 369 g/mol. The fourth-order valence-electron chi connectivity index (χ4n) is 3.08. The van der Waals surface area contributed by atoms with Crippen LogP contribution in [0.3, 0.4) is 0 Å². The van der Waals surface area contributed by atoms with Gasteiger partial charge in [0, 0.05) is 37.3 Å². The number of carbonyl (C=O) groups excluding carboxylic acids is 1. The lowest BCUT2D eigenvalue weighted by Crippen LogP contribution is -2.33. The Morgan fingerprint density at radius 2 is 2.08 bits per heavy atom. The largest absolute Gasteiger partial charge is 0.311 e. The van der Waals surface area contributed by atoms with Crippen molar-refractivity contribution in [3.8, 4) is 0 Å². The second-order valence-electron chi connectivity index (χ2n) is 6.25. The van der Waals surface area contributed by atoms with Crippen LogP contribution >= 0.6 is 11.3 Å². The van der Waals surface area contributed by atoms with Gasteiger partial charge in [0.2, 0.25) is 10.9 Å². The summed E-state index contributed by atoms with van der Waals surface area (Å²) in [7, 11) is 0. The zero-order chi connectivity index (χ0) is 18.1. The number of aromatic nitrogens is 3. The van der Waals surface area contributed by atoms with E-state index in [0.717, 1.165) is 17.1 Å². The summed E-state index contributed by atoms with van der Waals surface area (Å²) in [5.74, 6) is 0.104. The zero-order valence-electron chi connectivity index (χ0n) is 14.4. The van der Waals surface area contributed by atoms with Gasteiger partial charge in [0.15, 0.2) is 0 Å². The minimum atomic E-state index is -0.170.